The minimum atomic E-state index is -0.950. The van der Waals surface area contributed by atoms with E-state index in [1.54, 1.807) is 18.2 Å². The number of fused-ring (bicyclic) bond motifs is 1. The van der Waals surface area contributed by atoms with Gasteiger partial charge < -0.3 is 15.7 Å². The zero-order chi connectivity index (χ0) is 17.9. The molecule has 24 heavy (non-hydrogen) atoms. The van der Waals surface area contributed by atoms with E-state index in [2.05, 4.69) is 10.6 Å². The third-order valence-electron chi connectivity index (χ3n) is 4.33. The van der Waals surface area contributed by atoms with Crippen LogP contribution < -0.4 is 10.6 Å². The molecule has 0 fully saturated rings. The van der Waals surface area contributed by atoms with Gasteiger partial charge >= 0.3 is 5.97 Å². The lowest BCUT2D eigenvalue weighted by Crippen LogP contribution is -2.50. The molecule has 0 spiro atoms. The predicted octanol–water partition coefficient (Wildman–Crippen LogP) is 2.04. The summed E-state index contributed by atoms with van der Waals surface area (Å²) in [6.07, 6.45) is 2.49. The molecule has 2 rings (SSSR count). The lowest BCUT2D eigenvalue weighted by atomic mass is 9.86. The van der Waals surface area contributed by atoms with Crippen molar-refractivity contribution >= 4 is 17.8 Å². The van der Waals surface area contributed by atoms with E-state index in [1.807, 2.05) is 13.8 Å². The summed E-state index contributed by atoms with van der Waals surface area (Å²) < 4.78 is 0. The molecule has 3 N–H and O–H groups in total. The van der Waals surface area contributed by atoms with Crippen molar-refractivity contribution in [1.29, 1.82) is 0 Å². The van der Waals surface area contributed by atoms with Gasteiger partial charge in [0, 0.05) is 6.92 Å². The van der Waals surface area contributed by atoms with Gasteiger partial charge in [-0.25, -0.2) is 4.79 Å². The summed E-state index contributed by atoms with van der Waals surface area (Å²) in [6, 6.07) is 4.31. The molecule has 0 saturated carbocycles. The van der Waals surface area contributed by atoms with Crippen LogP contribution in [0.4, 0.5) is 0 Å². The fourth-order valence-electron chi connectivity index (χ4n) is 3.11. The van der Waals surface area contributed by atoms with Gasteiger partial charge in [0.05, 0.1) is 11.6 Å². The first kappa shape index (κ1) is 18.0. The first-order valence-corrected chi connectivity index (χ1v) is 8.23. The second-order valence-electron chi connectivity index (χ2n) is 6.59. The van der Waals surface area contributed by atoms with Gasteiger partial charge in [0.2, 0.25) is 11.8 Å². The van der Waals surface area contributed by atoms with E-state index in [4.69, 9.17) is 5.11 Å². The standard InChI is InChI=1S/C18H24N2O4/c1-10(2)16(19-11(3)21)17(22)20-15-6-4-5-12-9-13(18(23)24)7-8-14(12)15/h7-10,15-16H,4-6H2,1-3H3,(H,19,21)(H,20,22)(H,23,24). The molecule has 1 aliphatic rings. The number of carbonyl (C=O) groups is 3. The quantitative estimate of drug-likeness (QED) is 0.769. The molecule has 1 aromatic carbocycles. The number of aryl methyl sites for hydroxylation is 1. The molecule has 2 unspecified atom stereocenters. The summed E-state index contributed by atoms with van der Waals surface area (Å²) >= 11 is 0. The summed E-state index contributed by atoms with van der Waals surface area (Å²) in [5.41, 5.74) is 2.19. The summed E-state index contributed by atoms with van der Waals surface area (Å²) in [6.45, 7) is 5.16. The van der Waals surface area contributed by atoms with Crippen molar-refractivity contribution in [3.8, 4) is 0 Å². The summed E-state index contributed by atoms with van der Waals surface area (Å²) in [5, 5.41) is 14.8. The molecule has 0 aliphatic heterocycles. The Bertz CT molecular complexity index is 654. The number of aromatic carboxylic acids is 1. The Morgan fingerprint density at radius 2 is 1.96 bits per heavy atom. The maximum Gasteiger partial charge on any atom is 0.335 e. The van der Waals surface area contributed by atoms with Gasteiger partial charge in [-0.3, -0.25) is 9.59 Å². The molecule has 0 aromatic heterocycles. The van der Waals surface area contributed by atoms with E-state index in [0.29, 0.717) is 0 Å². The summed E-state index contributed by atoms with van der Waals surface area (Å²) in [5.74, 6) is -1.42. The largest absolute Gasteiger partial charge is 0.478 e. The van der Waals surface area contributed by atoms with Crippen molar-refractivity contribution in [2.45, 2.75) is 52.1 Å². The van der Waals surface area contributed by atoms with Crippen LogP contribution in [0.1, 0.15) is 61.1 Å². The van der Waals surface area contributed by atoms with Crippen LogP contribution >= 0.6 is 0 Å². The number of amides is 2. The third kappa shape index (κ3) is 4.13. The molecule has 0 radical (unpaired) electrons. The molecule has 6 nitrogen and oxygen atoms in total. The first-order valence-electron chi connectivity index (χ1n) is 8.23. The molecule has 1 aromatic rings. The zero-order valence-electron chi connectivity index (χ0n) is 14.3. The van der Waals surface area contributed by atoms with Crippen LogP contribution in [0.2, 0.25) is 0 Å². The number of carbonyl (C=O) groups excluding carboxylic acids is 2. The van der Waals surface area contributed by atoms with Crippen LogP contribution in [-0.2, 0) is 16.0 Å². The molecule has 2 atom stereocenters. The number of carboxylic acid groups (broad SMARTS) is 1. The minimum Gasteiger partial charge on any atom is -0.478 e. The van der Waals surface area contributed by atoms with Crippen molar-refractivity contribution in [1.82, 2.24) is 10.6 Å². The first-order chi connectivity index (χ1) is 11.3. The van der Waals surface area contributed by atoms with E-state index in [0.717, 1.165) is 30.4 Å². The summed E-state index contributed by atoms with van der Waals surface area (Å²) in [4.78, 5) is 35.0. The topological polar surface area (TPSA) is 95.5 Å². The van der Waals surface area contributed by atoms with Crippen LogP contribution in [0.15, 0.2) is 18.2 Å². The van der Waals surface area contributed by atoms with Gasteiger partial charge in [0.15, 0.2) is 0 Å². The maximum atomic E-state index is 12.6. The van der Waals surface area contributed by atoms with E-state index in [1.165, 1.54) is 6.92 Å². The Hall–Kier alpha value is -2.37. The van der Waals surface area contributed by atoms with Crippen molar-refractivity contribution < 1.29 is 19.5 Å². The molecule has 1 aliphatic carbocycles. The van der Waals surface area contributed by atoms with Crippen LogP contribution in [0, 0.1) is 5.92 Å². The summed E-state index contributed by atoms with van der Waals surface area (Å²) in [7, 11) is 0. The Morgan fingerprint density at radius 1 is 1.25 bits per heavy atom. The normalized spacial score (nSPS) is 17.8. The highest BCUT2D eigenvalue weighted by molar-refractivity contribution is 5.88. The number of hydrogen-bond donors (Lipinski definition) is 3. The fraction of sp³-hybridized carbons (Fsp3) is 0.500. The van der Waals surface area contributed by atoms with E-state index in [-0.39, 0.29) is 29.3 Å². The molecular weight excluding hydrogens is 308 g/mol. The Balaban J connectivity index is 2.18. The van der Waals surface area contributed by atoms with Crippen LogP contribution in [-0.4, -0.2) is 28.9 Å². The molecule has 130 valence electrons. The molecular formula is C18H24N2O4. The fourth-order valence-corrected chi connectivity index (χ4v) is 3.11. The lowest BCUT2D eigenvalue weighted by Gasteiger charge is -2.29. The smallest absolute Gasteiger partial charge is 0.335 e. The second kappa shape index (κ2) is 7.47. The molecule has 6 heteroatoms. The van der Waals surface area contributed by atoms with Crippen LogP contribution in [0.25, 0.3) is 0 Å². The van der Waals surface area contributed by atoms with Gasteiger partial charge in [-0.05, 0) is 48.4 Å². The molecule has 2 amide bonds. The van der Waals surface area contributed by atoms with Gasteiger partial charge in [-0.1, -0.05) is 19.9 Å². The Kier molecular flexibility index (Phi) is 5.59. The highest BCUT2D eigenvalue weighted by Crippen LogP contribution is 2.30. The van der Waals surface area contributed by atoms with Crippen molar-refractivity contribution in [2.75, 3.05) is 0 Å². The predicted molar refractivity (Wildman–Crippen MR) is 89.7 cm³/mol. The van der Waals surface area contributed by atoms with Crippen LogP contribution in [0.3, 0.4) is 0 Å². The average molecular weight is 332 g/mol. The molecule has 0 bridgehead atoms. The Morgan fingerprint density at radius 3 is 2.54 bits per heavy atom. The molecule has 0 heterocycles. The SMILES string of the molecule is CC(=O)NC(C(=O)NC1CCCc2cc(C(=O)O)ccc21)C(C)C. The van der Waals surface area contributed by atoms with Gasteiger partial charge in [0.25, 0.3) is 0 Å². The zero-order valence-corrected chi connectivity index (χ0v) is 14.3. The average Bonchev–Trinajstić information content (AvgIpc) is 2.51. The molecule has 0 saturated heterocycles. The number of carboxylic acids is 1. The minimum absolute atomic E-state index is 0.0219. The highest BCUT2D eigenvalue weighted by Gasteiger charge is 2.28. The van der Waals surface area contributed by atoms with Crippen molar-refractivity contribution in [2.24, 2.45) is 5.92 Å². The van der Waals surface area contributed by atoms with E-state index >= 15 is 0 Å². The third-order valence-corrected chi connectivity index (χ3v) is 4.33. The van der Waals surface area contributed by atoms with E-state index < -0.39 is 12.0 Å². The Labute approximate surface area is 141 Å². The highest BCUT2D eigenvalue weighted by atomic mass is 16.4. The monoisotopic (exact) mass is 332 g/mol. The van der Waals surface area contributed by atoms with Gasteiger partial charge in [-0.2, -0.15) is 0 Å². The number of benzene rings is 1. The van der Waals surface area contributed by atoms with E-state index in [9.17, 15) is 14.4 Å². The van der Waals surface area contributed by atoms with Gasteiger partial charge in [0.1, 0.15) is 6.04 Å². The van der Waals surface area contributed by atoms with Crippen molar-refractivity contribution in [3.05, 3.63) is 34.9 Å². The number of nitrogens with one attached hydrogen (secondary N) is 2. The van der Waals surface area contributed by atoms with Crippen LogP contribution in [0.5, 0.6) is 0 Å². The number of rotatable bonds is 5. The lowest BCUT2D eigenvalue weighted by molar-refractivity contribution is -0.129. The second-order valence-corrected chi connectivity index (χ2v) is 6.59. The van der Waals surface area contributed by atoms with Crippen molar-refractivity contribution in [3.63, 3.8) is 0 Å². The number of hydrogen-bond acceptors (Lipinski definition) is 3. The van der Waals surface area contributed by atoms with Gasteiger partial charge in [-0.15, -0.1) is 0 Å². The maximum absolute atomic E-state index is 12.6.